The predicted octanol–water partition coefficient (Wildman–Crippen LogP) is 1.78. The van der Waals surface area contributed by atoms with E-state index in [-0.39, 0.29) is 11.6 Å². The van der Waals surface area contributed by atoms with E-state index in [1.807, 2.05) is 31.2 Å². The van der Waals surface area contributed by atoms with Gasteiger partial charge in [-0.15, -0.1) is 0 Å². The van der Waals surface area contributed by atoms with E-state index in [1.165, 1.54) is 10.8 Å². The van der Waals surface area contributed by atoms with E-state index in [1.54, 1.807) is 6.07 Å². The molecule has 6 heteroatoms. The Balaban J connectivity index is 2.57. The molecule has 0 saturated carbocycles. The molecule has 0 saturated heterocycles. The van der Waals surface area contributed by atoms with Crippen LogP contribution in [0.2, 0.25) is 0 Å². The molecule has 0 fully saturated rings. The fourth-order valence-corrected chi connectivity index (χ4v) is 2.20. The lowest BCUT2D eigenvalue weighted by atomic mass is 10.1. The first kappa shape index (κ1) is 13.3. The largest absolute Gasteiger partial charge is 0.328 e. The van der Waals surface area contributed by atoms with Crippen molar-refractivity contribution in [2.75, 3.05) is 0 Å². The lowest BCUT2D eigenvalue weighted by Gasteiger charge is -2.15. The highest BCUT2D eigenvalue weighted by Gasteiger charge is 2.12. The number of nitrogens with one attached hydrogen (secondary N) is 1. The van der Waals surface area contributed by atoms with Crippen LogP contribution in [0.4, 0.5) is 0 Å². The molecule has 0 amide bonds. The van der Waals surface area contributed by atoms with E-state index in [0.717, 1.165) is 10.0 Å². The third-order valence-electron chi connectivity index (χ3n) is 2.84. The average Bonchev–Trinajstić information content (AvgIpc) is 2.38. The number of benzene rings is 1. The van der Waals surface area contributed by atoms with Crippen LogP contribution in [0.3, 0.4) is 0 Å². The first-order valence-corrected chi connectivity index (χ1v) is 6.33. The van der Waals surface area contributed by atoms with Gasteiger partial charge in [0.1, 0.15) is 11.6 Å². The van der Waals surface area contributed by atoms with Crippen molar-refractivity contribution in [2.45, 2.75) is 13.0 Å². The number of H-pyrrole nitrogens is 1. The zero-order valence-corrected chi connectivity index (χ0v) is 11.6. The standard InChI is InChI=1S/C13H10BrN3O2/c1-8(9-3-2-4-11(14)5-9)17-7-10(6-15)12(18)16-13(17)19/h2-5,7-8H,1H3,(H,16,18,19). The lowest BCUT2D eigenvalue weighted by Crippen LogP contribution is -2.33. The van der Waals surface area contributed by atoms with Crippen LogP contribution in [0, 0.1) is 11.3 Å². The molecular formula is C13H10BrN3O2. The minimum Gasteiger partial charge on any atom is -0.292 e. The van der Waals surface area contributed by atoms with Crippen LogP contribution in [-0.4, -0.2) is 9.55 Å². The SMILES string of the molecule is CC(c1cccc(Br)c1)n1cc(C#N)c(=O)[nH]c1=O. The highest BCUT2D eigenvalue weighted by atomic mass is 79.9. The van der Waals surface area contributed by atoms with Crippen LogP contribution in [0.15, 0.2) is 44.5 Å². The van der Waals surface area contributed by atoms with Crippen molar-refractivity contribution in [1.29, 1.82) is 5.26 Å². The summed E-state index contributed by atoms with van der Waals surface area (Å²) in [6.07, 6.45) is 1.28. The number of rotatable bonds is 2. The van der Waals surface area contributed by atoms with Crippen LogP contribution < -0.4 is 11.2 Å². The molecule has 0 bridgehead atoms. The van der Waals surface area contributed by atoms with Crippen molar-refractivity contribution in [3.05, 3.63) is 66.9 Å². The van der Waals surface area contributed by atoms with Gasteiger partial charge in [-0.25, -0.2) is 4.79 Å². The molecule has 5 nitrogen and oxygen atoms in total. The quantitative estimate of drug-likeness (QED) is 0.916. The van der Waals surface area contributed by atoms with Gasteiger partial charge < -0.3 is 0 Å². The molecule has 0 aliphatic rings. The number of hydrogen-bond acceptors (Lipinski definition) is 3. The van der Waals surface area contributed by atoms with Crippen LogP contribution in [-0.2, 0) is 0 Å². The van der Waals surface area contributed by atoms with Gasteiger partial charge in [0, 0.05) is 10.7 Å². The molecule has 2 rings (SSSR count). The van der Waals surface area contributed by atoms with E-state index in [2.05, 4.69) is 20.9 Å². The van der Waals surface area contributed by atoms with E-state index in [9.17, 15) is 9.59 Å². The normalized spacial score (nSPS) is 11.8. The summed E-state index contributed by atoms with van der Waals surface area (Å²) in [5.74, 6) is 0. The summed E-state index contributed by atoms with van der Waals surface area (Å²) in [7, 11) is 0. The Kier molecular flexibility index (Phi) is 3.67. The Labute approximate surface area is 117 Å². The first-order valence-electron chi connectivity index (χ1n) is 5.54. The summed E-state index contributed by atoms with van der Waals surface area (Å²) < 4.78 is 2.23. The van der Waals surface area contributed by atoms with Crippen molar-refractivity contribution in [2.24, 2.45) is 0 Å². The molecule has 96 valence electrons. The molecule has 1 atom stereocenters. The van der Waals surface area contributed by atoms with E-state index in [4.69, 9.17) is 5.26 Å². The smallest absolute Gasteiger partial charge is 0.292 e. The van der Waals surface area contributed by atoms with E-state index < -0.39 is 11.2 Å². The maximum atomic E-state index is 11.8. The topological polar surface area (TPSA) is 78.7 Å². The summed E-state index contributed by atoms with van der Waals surface area (Å²) in [5, 5.41) is 8.84. The van der Waals surface area contributed by atoms with Crippen molar-refractivity contribution in [3.8, 4) is 6.07 Å². The summed E-state index contributed by atoms with van der Waals surface area (Å²) in [6, 6.07) is 8.98. The van der Waals surface area contributed by atoms with Gasteiger partial charge in [-0.3, -0.25) is 14.3 Å². The number of nitrogens with zero attached hydrogens (tertiary/aromatic N) is 2. The Hall–Kier alpha value is -2.13. The van der Waals surface area contributed by atoms with Crippen LogP contribution in [0.25, 0.3) is 0 Å². The maximum Gasteiger partial charge on any atom is 0.328 e. The molecular weight excluding hydrogens is 310 g/mol. The molecule has 0 aliphatic carbocycles. The van der Waals surface area contributed by atoms with Gasteiger partial charge in [0.05, 0.1) is 6.04 Å². The van der Waals surface area contributed by atoms with Gasteiger partial charge in [0.15, 0.2) is 0 Å². The summed E-state index contributed by atoms with van der Waals surface area (Å²) >= 11 is 3.36. The average molecular weight is 320 g/mol. The summed E-state index contributed by atoms with van der Waals surface area (Å²) in [6.45, 7) is 1.82. The number of aromatic amines is 1. The van der Waals surface area contributed by atoms with Crippen LogP contribution >= 0.6 is 15.9 Å². The minimum absolute atomic E-state index is 0.0820. The van der Waals surface area contributed by atoms with Crippen LogP contribution in [0.1, 0.15) is 24.1 Å². The maximum absolute atomic E-state index is 11.8. The van der Waals surface area contributed by atoms with Gasteiger partial charge in [-0.05, 0) is 24.6 Å². The lowest BCUT2D eigenvalue weighted by molar-refractivity contribution is 0.593. The van der Waals surface area contributed by atoms with Crippen molar-refractivity contribution >= 4 is 15.9 Å². The number of nitriles is 1. The Morgan fingerprint density at radius 3 is 2.79 bits per heavy atom. The Morgan fingerprint density at radius 2 is 2.16 bits per heavy atom. The molecule has 19 heavy (non-hydrogen) atoms. The zero-order valence-electron chi connectivity index (χ0n) is 10.1. The third-order valence-corrected chi connectivity index (χ3v) is 3.33. The molecule has 1 heterocycles. The van der Waals surface area contributed by atoms with Gasteiger partial charge in [-0.2, -0.15) is 5.26 Å². The second-order valence-electron chi connectivity index (χ2n) is 4.05. The fraction of sp³-hybridized carbons (Fsp3) is 0.154. The van der Waals surface area contributed by atoms with Gasteiger partial charge in [0.2, 0.25) is 0 Å². The predicted molar refractivity (Wildman–Crippen MR) is 74.0 cm³/mol. The Bertz CT molecular complexity index is 770. The number of halogens is 1. The molecule has 0 spiro atoms. The molecule has 0 aliphatic heterocycles. The molecule has 1 aromatic carbocycles. The minimum atomic E-state index is -0.662. The molecule has 0 radical (unpaired) electrons. The Morgan fingerprint density at radius 1 is 1.42 bits per heavy atom. The zero-order chi connectivity index (χ0) is 14.0. The van der Waals surface area contributed by atoms with E-state index in [0.29, 0.717) is 0 Å². The fourth-order valence-electron chi connectivity index (χ4n) is 1.78. The van der Waals surface area contributed by atoms with Crippen molar-refractivity contribution in [1.82, 2.24) is 9.55 Å². The molecule has 1 aromatic heterocycles. The highest BCUT2D eigenvalue weighted by Crippen LogP contribution is 2.20. The van der Waals surface area contributed by atoms with Crippen molar-refractivity contribution in [3.63, 3.8) is 0 Å². The van der Waals surface area contributed by atoms with Gasteiger partial charge in [0.25, 0.3) is 5.56 Å². The number of aromatic nitrogens is 2. The van der Waals surface area contributed by atoms with Crippen LogP contribution in [0.5, 0.6) is 0 Å². The second-order valence-corrected chi connectivity index (χ2v) is 4.97. The van der Waals surface area contributed by atoms with E-state index >= 15 is 0 Å². The highest BCUT2D eigenvalue weighted by molar-refractivity contribution is 9.10. The first-order chi connectivity index (χ1) is 9.02. The number of hydrogen-bond donors (Lipinski definition) is 1. The van der Waals surface area contributed by atoms with Gasteiger partial charge >= 0.3 is 5.69 Å². The summed E-state index contributed by atoms with van der Waals surface area (Å²) in [5.41, 5.74) is -0.379. The van der Waals surface area contributed by atoms with Crippen molar-refractivity contribution < 1.29 is 0 Å². The summed E-state index contributed by atoms with van der Waals surface area (Å²) in [4.78, 5) is 25.3. The molecule has 1 unspecified atom stereocenters. The molecule has 2 aromatic rings. The van der Waals surface area contributed by atoms with Gasteiger partial charge in [-0.1, -0.05) is 28.1 Å². The monoisotopic (exact) mass is 319 g/mol. The molecule has 1 N–H and O–H groups in total. The second kappa shape index (κ2) is 5.24. The third kappa shape index (κ3) is 2.66.